The minimum atomic E-state index is -4.64. The van der Waals surface area contributed by atoms with Crippen LogP contribution in [0.2, 0.25) is 0 Å². The van der Waals surface area contributed by atoms with E-state index < -0.39 is 36.2 Å². The minimum Gasteiger partial charge on any atom is -0.465 e. The monoisotopic (exact) mass is 384 g/mol. The van der Waals surface area contributed by atoms with Crippen molar-refractivity contribution in [3.63, 3.8) is 0 Å². The molecule has 1 aromatic heterocycles. The number of rotatable bonds is 2. The average molecular weight is 384 g/mol. The van der Waals surface area contributed by atoms with Crippen molar-refractivity contribution in [1.29, 1.82) is 0 Å². The van der Waals surface area contributed by atoms with Crippen molar-refractivity contribution in [1.82, 2.24) is 4.98 Å². The van der Waals surface area contributed by atoms with Crippen LogP contribution in [0.3, 0.4) is 0 Å². The van der Waals surface area contributed by atoms with Crippen molar-refractivity contribution in [3.05, 3.63) is 23.8 Å². The molecule has 10 heteroatoms. The van der Waals surface area contributed by atoms with Crippen LogP contribution in [0, 0.1) is 0 Å². The summed E-state index contributed by atoms with van der Waals surface area (Å²) < 4.78 is 52.6. The highest BCUT2D eigenvalue weighted by Crippen LogP contribution is 2.39. The Hall–Kier alpha value is -2.20. The molecule has 0 radical (unpaired) electrons. The quantitative estimate of drug-likeness (QED) is 0.776. The van der Waals surface area contributed by atoms with Gasteiger partial charge < -0.3 is 19.4 Å². The van der Waals surface area contributed by atoms with Gasteiger partial charge in [0.25, 0.3) is 0 Å². The molecule has 27 heavy (non-hydrogen) atoms. The van der Waals surface area contributed by atoms with Gasteiger partial charge in [-0.25, -0.2) is 4.79 Å². The van der Waals surface area contributed by atoms with Crippen molar-refractivity contribution in [2.24, 2.45) is 0 Å². The van der Waals surface area contributed by atoms with Crippen LogP contribution in [0.1, 0.15) is 33.3 Å². The number of benzene rings is 1. The number of carboxylic acid groups (broad SMARTS) is 1. The molecule has 1 fully saturated rings. The van der Waals surface area contributed by atoms with Crippen LogP contribution in [0.5, 0.6) is 0 Å². The van der Waals surface area contributed by atoms with Gasteiger partial charge in [-0.15, -0.1) is 0 Å². The van der Waals surface area contributed by atoms with E-state index in [-0.39, 0.29) is 22.2 Å². The highest BCUT2D eigenvalue weighted by molar-refractivity contribution is 6.62. The van der Waals surface area contributed by atoms with Crippen molar-refractivity contribution >= 4 is 35.4 Å². The second kappa shape index (κ2) is 5.90. The topological polar surface area (TPSA) is 74.8 Å². The molecule has 1 aromatic carbocycles. The molecule has 0 unspecified atom stereocenters. The maximum absolute atomic E-state index is 13.6. The zero-order valence-electron chi connectivity index (χ0n) is 15.6. The molecule has 0 saturated carbocycles. The highest BCUT2D eigenvalue weighted by Gasteiger charge is 2.52. The standard InChI is InChI=1S/C17H20BF3N2O4/c1-15(2)16(3,4)27-18(26-15)10-6-9-7-12(23(5)14(24)25)22-13(9)11(8-10)17(19,20)21/h6-8,22H,1-5H3,(H,24,25). The molecule has 2 N–H and O–H groups in total. The van der Waals surface area contributed by atoms with E-state index in [0.29, 0.717) is 0 Å². The van der Waals surface area contributed by atoms with Gasteiger partial charge in [-0.05, 0) is 45.3 Å². The number of hydrogen-bond donors (Lipinski definition) is 2. The molecule has 0 bridgehead atoms. The van der Waals surface area contributed by atoms with Crippen LogP contribution in [-0.2, 0) is 15.5 Å². The Morgan fingerprint density at radius 1 is 1.15 bits per heavy atom. The van der Waals surface area contributed by atoms with Crippen molar-refractivity contribution in [2.45, 2.75) is 45.1 Å². The lowest BCUT2D eigenvalue weighted by Crippen LogP contribution is -2.41. The summed E-state index contributed by atoms with van der Waals surface area (Å²) in [4.78, 5) is 14.5. The number of aromatic amines is 1. The third-order valence-electron chi connectivity index (χ3n) is 5.22. The average Bonchev–Trinajstić information content (AvgIpc) is 3.02. The van der Waals surface area contributed by atoms with E-state index in [1.807, 2.05) is 27.7 Å². The summed E-state index contributed by atoms with van der Waals surface area (Å²) in [5.41, 5.74) is -2.27. The van der Waals surface area contributed by atoms with E-state index in [4.69, 9.17) is 14.4 Å². The van der Waals surface area contributed by atoms with Crippen molar-refractivity contribution in [2.75, 3.05) is 11.9 Å². The van der Waals surface area contributed by atoms with E-state index >= 15 is 0 Å². The summed E-state index contributed by atoms with van der Waals surface area (Å²) in [6, 6.07) is 3.85. The molecular weight excluding hydrogens is 364 g/mol. The number of nitrogens with zero attached hydrogens (tertiary/aromatic N) is 1. The summed E-state index contributed by atoms with van der Waals surface area (Å²) in [5.74, 6) is 0.0362. The number of carbonyl (C=O) groups is 1. The maximum atomic E-state index is 13.6. The molecule has 3 rings (SSSR count). The van der Waals surface area contributed by atoms with Gasteiger partial charge in [-0.2, -0.15) is 13.2 Å². The molecule has 1 aliphatic heterocycles. The van der Waals surface area contributed by atoms with Crippen LogP contribution >= 0.6 is 0 Å². The fraction of sp³-hybridized carbons (Fsp3) is 0.471. The summed E-state index contributed by atoms with van der Waals surface area (Å²) in [6.07, 6.45) is -5.93. The molecule has 0 atom stereocenters. The van der Waals surface area contributed by atoms with Crippen LogP contribution in [0.25, 0.3) is 10.9 Å². The summed E-state index contributed by atoms with van der Waals surface area (Å²) in [5, 5.41) is 9.30. The third kappa shape index (κ3) is 3.27. The maximum Gasteiger partial charge on any atom is 0.494 e. The van der Waals surface area contributed by atoms with E-state index in [1.165, 1.54) is 19.2 Å². The Labute approximate surface area is 154 Å². The number of aromatic nitrogens is 1. The number of nitrogens with one attached hydrogen (secondary N) is 1. The molecule has 1 saturated heterocycles. The summed E-state index contributed by atoms with van der Waals surface area (Å²) in [6.45, 7) is 7.25. The first-order chi connectivity index (χ1) is 12.2. The lowest BCUT2D eigenvalue weighted by atomic mass is 9.77. The number of alkyl halides is 3. The molecule has 2 heterocycles. The minimum absolute atomic E-state index is 0.0362. The number of anilines is 1. The molecule has 6 nitrogen and oxygen atoms in total. The van der Waals surface area contributed by atoms with Gasteiger partial charge in [0.2, 0.25) is 0 Å². The normalized spacial score (nSPS) is 18.9. The van der Waals surface area contributed by atoms with Crippen LogP contribution in [0.15, 0.2) is 18.2 Å². The van der Waals surface area contributed by atoms with Gasteiger partial charge in [-0.3, -0.25) is 4.90 Å². The number of H-pyrrole nitrogens is 1. The van der Waals surface area contributed by atoms with Crippen LogP contribution in [0.4, 0.5) is 23.8 Å². The summed E-state index contributed by atoms with van der Waals surface area (Å²) >= 11 is 0. The number of amides is 1. The van der Waals surface area contributed by atoms with E-state index in [9.17, 15) is 18.0 Å². The van der Waals surface area contributed by atoms with Gasteiger partial charge in [0, 0.05) is 12.4 Å². The predicted molar refractivity (Wildman–Crippen MR) is 95.4 cm³/mol. The molecular formula is C17H20BF3N2O4. The third-order valence-corrected chi connectivity index (χ3v) is 5.22. The van der Waals surface area contributed by atoms with Crippen molar-refractivity contribution in [3.8, 4) is 0 Å². The first-order valence-corrected chi connectivity index (χ1v) is 8.29. The SMILES string of the molecule is CN(C(=O)O)c1cc2cc(B3OC(C)(C)C(C)(C)O3)cc(C(F)(F)F)c2[nH]1. The number of hydrogen-bond acceptors (Lipinski definition) is 3. The smallest absolute Gasteiger partial charge is 0.465 e. The van der Waals surface area contributed by atoms with Gasteiger partial charge in [0.05, 0.1) is 22.3 Å². The number of fused-ring (bicyclic) bond motifs is 1. The predicted octanol–water partition coefficient (Wildman–Crippen LogP) is 3.60. The molecule has 2 aromatic rings. The highest BCUT2D eigenvalue weighted by atomic mass is 19.4. The second-order valence-electron chi connectivity index (χ2n) is 7.61. The van der Waals surface area contributed by atoms with Gasteiger partial charge in [0.15, 0.2) is 0 Å². The molecule has 0 aliphatic carbocycles. The number of halogens is 3. The zero-order chi connectivity index (χ0) is 20.4. The Morgan fingerprint density at radius 3 is 2.19 bits per heavy atom. The van der Waals surface area contributed by atoms with Gasteiger partial charge in [-0.1, -0.05) is 6.07 Å². The molecule has 146 valence electrons. The Morgan fingerprint density at radius 2 is 1.70 bits per heavy atom. The summed E-state index contributed by atoms with van der Waals surface area (Å²) in [7, 11) is 0.284. The largest absolute Gasteiger partial charge is 0.494 e. The lowest BCUT2D eigenvalue weighted by molar-refractivity contribution is -0.136. The fourth-order valence-electron chi connectivity index (χ4n) is 2.88. The van der Waals surface area contributed by atoms with Crippen LogP contribution < -0.4 is 10.4 Å². The van der Waals surface area contributed by atoms with Crippen LogP contribution in [-0.4, -0.2) is 41.6 Å². The molecule has 0 spiro atoms. The van der Waals surface area contributed by atoms with E-state index in [0.717, 1.165) is 11.0 Å². The van der Waals surface area contributed by atoms with Gasteiger partial charge >= 0.3 is 19.4 Å². The van der Waals surface area contributed by atoms with E-state index in [1.54, 1.807) is 0 Å². The Balaban J connectivity index is 2.15. The first kappa shape index (κ1) is 19.6. The zero-order valence-corrected chi connectivity index (χ0v) is 15.6. The Kier molecular flexibility index (Phi) is 4.28. The Bertz CT molecular complexity index is 891. The fourth-order valence-corrected chi connectivity index (χ4v) is 2.88. The van der Waals surface area contributed by atoms with E-state index in [2.05, 4.69) is 4.98 Å². The van der Waals surface area contributed by atoms with Crippen molar-refractivity contribution < 1.29 is 32.4 Å². The van der Waals surface area contributed by atoms with Gasteiger partial charge in [0.1, 0.15) is 5.82 Å². The molecule has 1 amide bonds. The first-order valence-electron chi connectivity index (χ1n) is 8.29. The second-order valence-corrected chi connectivity index (χ2v) is 7.61. The lowest BCUT2D eigenvalue weighted by Gasteiger charge is -2.32. The molecule has 1 aliphatic rings.